The van der Waals surface area contributed by atoms with Crippen LogP contribution in [0, 0.1) is 6.92 Å². The van der Waals surface area contributed by atoms with Gasteiger partial charge in [-0.2, -0.15) is 0 Å². The summed E-state index contributed by atoms with van der Waals surface area (Å²) in [6.07, 6.45) is 0.837. The Morgan fingerprint density at radius 2 is 1.92 bits per heavy atom. The van der Waals surface area contributed by atoms with Gasteiger partial charge in [0, 0.05) is 23.4 Å². The van der Waals surface area contributed by atoms with Crippen molar-refractivity contribution in [2.75, 3.05) is 13.1 Å². The van der Waals surface area contributed by atoms with Crippen molar-refractivity contribution in [3.05, 3.63) is 58.9 Å². The molecule has 0 unspecified atom stereocenters. The van der Waals surface area contributed by atoms with Gasteiger partial charge < -0.3 is 10.2 Å². The summed E-state index contributed by atoms with van der Waals surface area (Å²) >= 11 is 0. The van der Waals surface area contributed by atoms with Crippen molar-refractivity contribution in [1.29, 1.82) is 0 Å². The molecule has 0 amide bonds. The lowest BCUT2D eigenvalue weighted by Gasteiger charge is -2.12. The number of hydrogen-bond donors (Lipinski definition) is 1. The van der Waals surface area contributed by atoms with E-state index in [9.17, 15) is 0 Å². The molecule has 1 heterocycles. The van der Waals surface area contributed by atoms with Crippen molar-refractivity contribution in [1.82, 2.24) is 4.98 Å². The quantitative estimate of drug-likeness (QED) is 0.458. The minimum absolute atomic E-state index is 0.623. The highest BCUT2D eigenvalue weighted by molar-refractivity contribution is 5.96. The lowest BCUT2D eigenvalue weighted by atomic mass is 10.0. The van der Waals surface area contributed by atoms with Crippen LogP contribution < -0.4 is 11.1 Å². The molecule has 2 N–H and O–H groups in total. The lowest BCUT2D eigenvalue weighted by molar-refractivity contribution is 0.612. The van der Waals surface area contributed by atoms with Gasteiger partial charge in [0.25, 0.3) is 0 Å². The molecule has 0 saturated heterocycles. The van der Waals surface area contributed by atoms with Gasteiger partial charge in [0.1, 0.15) is 11.2 Å². The monoisotopic (exact) mass is 331 g/mol. The zero-order valence-corrected chi connectivity index (χ0v) is 14.5. The molecule has 126 valence electrons. The summed E-state index contributed by atoms with van der Waals surface area (Å²) in [4.78, 5) is 9.52. The van der Waals surface area contributed by atoms with Gasteiger partial charge in [-0.1, -0.05) is 24.3 Å². The van der Waals surface area contributed by atoms with E-state index in [4.69, 9.17) is 15.1 Å². The molecule has 1 aliphatic heterocycles. The van der Waals surface area contributed by atoms with Crippen LogP contribution in [0.25, 0.3) is 33.3 Å². The van der Waals surface area contributed by atoms with Crippen LogP contribution in [0.1, 0.15) is 18.1 Å². The molecule has 2 aromatic rings. The maximum absolute atomic E-state index is 6.22. The van der Waals surface area contributed by atoms with E-state index in [-0.39, 0.29) is 0 Å². The summed E-state index contributed by atoms with van der Waals surface area (Å²) in [6, 6.07) is 14.4. The Morgan fingerprint density at radius 3 is 2.68 bits per heavy atom. The Bertz CT molecular complexity index is 1110. The minimum atomic E-state index is 0.623. The third kappa shape index (κ3) is 2.68. The van der Waals surface area contributed by atoms with Crippen LogP contribution in [-0.2, 0) is 6.42 Å². The highest BCUT2D eigenvalue weighted by Gasteiger charge is 2.15. The first-order valence-corrected chi connectivity index (χ1v) is 8.67. The fourth-order valence-corrected chi connectivity index (χ4v) is 3.36. The van der Waals surface area contributed by atoms with E-state index in [0.29, 0.717) is 6.54 Å². The smallest absolute Gasteiger partial charge is 0.155 e. The van der Waals surface area contributed by atoms with Crippen LogP contribution in [-0.4, -0.2) is 18.1 Å². The number of hydrogen-bond acceptors (Lipinski definition) is 4. The van der Waals surface area contributed by atoms with Crippen LogP contribution in [0.2, 0.25) is 0 Å². The van der Waals surface area contributed by atoms with Crippen molar-refractivity contribution in [3.8, 4) is 11.5 Å². The second-order valence-electron chi connectivity index (χ2n) is 6.26. The summed E-state index contributed by atoms with van der Waals surface area (Å²) in [6.45, 7) is 5.49. The van der Waals surface area contributed by atoms with Gasteiger partial charge >= 0.3 is 0 Å². The van der Waals surface area contributed by atoms with Gasteiger partial charge in [-0.15, -0.1) is 0 Å². The fraction of sp³-hybridized carbons (Fsp3) is 0.238. The largest absolute Gasteiger partial charge is 0.453 e. The first kappa shape index (κ1) is 15.8. The van der Waals surface area contributed by atoms with Crippen LogP contribution in [0.4, 0.5) is 0 Å². The molecular formula is C21H21N3O. The molecule has 0 atom stereocenters. The zero-order chi connectivity index (χ0) is 17.4. The summed E-state index contributed by atoms with van der Waals surface area (Å²) in [7, 11) is 0. The van der Waals surface area contributed by atoms with Crippen LogP contribution >= 0.6 is 0 Å². The van der Waals surface area contributed by atoms with Gasteiger partial charge in [0.05, 0.1) is 5.36 Å². The standard InChI is InChI=1S/C21H21N3O/c1-3-23-17-12-20-21(16-7-5-4-6-15(16)17)24-18-10-13(2)14(8-9-22)11-19(18)25-20/h4-7,10-12H,3,8-9,22H2,1-2H3. The minimum Gasteiger partial charge on any atom is -0.453 e. The first-order chi connectivity index (χ1) is 12.2. The number of aryl methyl sites for hydroxylation is 1. The third-order valence-corrected chi connectivity index (χ3v) is 4.57. The summed E-state index contributed by atoms with van der Waals surface area (Å²) < 4.78 is 6.22. The molecule has 4 rings (SSSR count). The third-order valence-electron chi connectivity index (χ3n) is 4.57. The predicted octanol–water partition coefficient (Wildman–Crippen LogP) is 3.82. The summed E-state index contributed by atoms with van der Waals surface area (Å²) in [5.74, 6) is 0.765. The van der Waals surface area contributed by atoms with Crippen molar-refractivity contribution >= 4 is 21.9 Å². The van der Waals surface area contributed by atoms with Crippen molar-refractivity contribution < 1.29 is 4.42 Å². The van der Waals surface area contributed by atoms with Crippen LogP contribution in [0.15, 0.2) is 51.9 Å². The molecule has 25 heavy (non-hydrogen) atoms. The van der Waals surface area contributed by atoms with E-state index >= 15 is 0 Å². The Balaban J connectivity index is 2.11. The topological polar surface area (TPSA) is 64.4 Å². The molecule has 4 nitrogen and oxygen atoms in total. The van der Waals surface area contributed by atoms with Crippen molar-refractivity contribution in [3.63, 3.8) is 0 Å². The van der Waals surface area contributed by atoms with Gasteiger partial charge in [-0.3, -0.25) is 4.99 Å². The number of aromatic nitrogens is 1. The number of nitrogens with zero attached hydrogens (tertiary/aromatic N) is 2. The highest BCUT2D eigenvalue weighted by atomic mass is 16.3. The molecule has 0 aromatic heterocycles. The number of nitrogens with two attached hydrogens (primary N) is 1. The SMILES string of the molecule is CCN=c1cc2oc3cc(CCN)c(C)cc3nc-2c2ccccc12. The molecule has 0 fully saturated rings. The maximum Gasteiger partial charge on any atom is 0.155 e. The zero-order valence-electron chi connectivity index (χ0n) is 14.5. The number of fused-ring (bicyclic) bond motifs is 4. The Morgan fingerprint density at radius 1 is 1.12 bits per heavy atom. The average Bonchev–Trinajstić information content (AvgIpc) is 2.62. The van der Waals surface area contributed by atoms with Crippen molar-refractivity contribution in [2.24, 2.45) is 10.7 Å². The van der Waals surface area contributed by atoms with Gasteiger partial charge in [-0.05, 0) is 50.1 Å². The molecule has 4 heteroatoms. The molecule has 1 aliphatic carbocycles. The molecular weight excluding hydrogens is 310 g/mol. The highest BCUT2D eigenvalue weighted by Crippen LogP contribution is 2.31. The van der Waals surface area contributed by atoms with Crippen LogP contribution in [0.5, 0.6) is 0 Å². The maximum atomic E-state index is 6.22. The summed E-state index contributed by atoms with van der Waals surface area (Å²) in [5.41, 5.74) is 10.7. The van der Waals surface area contributed by atoms with E-state index in [1.54, 1.807) is 0 Å². The summed E-state index contributed by atoms with van der Waals surface area (Å²) in [5, 5.41) is 3.13. The molecule has 0 radical (unpaired) electrons. The first-order valence-electron chi connectivity index (χ1n) is 8.67. The van der Waals surface area contributed by atoms with Crippen LogP contribution in [0.3, 0.4) is 0 Å². The Labute approximate surface area is 146 Å². The van der Waals surface area contributed by atoms with E-state index in [1.165, 1.54) is 11.1 Å². The van der Waals surface area contributed by atoms with E-state index in [2.05, 4.69) is 36.2 Å². The molecule has 2 aromatic carbocycles. The molecule has 0 spiro atoms. The van der Waals surface area contributed by atoms with Gasteiger partial charge in [-0.25, -0.2) is 4.98 Å². The van der Waals surface area contributed by atoms with E-state index < -0.39 is 0 Å². The van der Waals surface area contributed by atoms with Crippen molar-refractivity contribution in [2.45, 2.75) is 20.3 Å². The normalized spacial score (nSPS) is 12.5. The van der Waals surface area contributed by atoms with Gasteiger partial charge in [0.15, 0.2) is 11.3 Å². The lowest BCUT2D eigenvalue weighted by Crippen LogP contribution is -2.07. The van der Waals surface area contributed by atoms with E-state index in [0.717, 1.165) is 51.6 Å². The molecule has 2 aliphatic rings. The number of benzene rings is 3. The fourth-order valence-electron chi connectivity index (χ4n) is 3.36. The Hall–Kier alpha value is -2.72. The number of rotatable bonds is 3. The molecule has 0 bridgehead atoms. The second kappa shape index (κ2) is 6.30. The predicted molar refractivity (Wildman–Crippen MR) is 102 cm³/mol. The second-order valence-corrected chi connectivity index (χ2v) is 6.26. The average molecular weight is 331 g/mol. The molecule has 0 saturated carbocycles. The van der Waals surface area contributed by atoms with Gasteiger partial charge in [0.2, 0.25) is 0 Å². The van der Waals surface area contributed by atoms with E-state index in [1.807, 2.05) is 25.1 Å². The Kier molecular flexibility index (Phi) is 3.98.